The van der Waals surface area contributed by atoms with Crippen LogP contribution in [-0.4, -0.2) is 27.4 Å². The Labute approximate surface area is 792 Å². The molecule has 0 aliphatic rings. The molecule has 0 spiro atoms. The standard InChI is InChI=1S/C48H30N2S.C44H26N2O.C36H22N2S/c1-4-13-31(14-5-1)33-17-12-20-36(27-33)50-41-22-11-10-21-37(41)38-29-39-44(30-43(38)50)49(35-18-8-3-9-19-35)42-24-26-46-48(47(39)42)40-28-34(23-25-45(40)51-46)32-15-6-2-7-16-32;1-2-13-28(14-3-1)45-37-22-23-42-44(33-19-9-11-21-41(33)47-42)43(37)35-25-34-32-18-8-10-20-36(32)46(39(34)26-40(35)45)38-24-27-12-4-5-15-29(27)30-16-6-7-17-31(30)38;1-3-11-23(12-4-1)37-29-17-9-7-15-25(29)27-21-28-32(22-31(27)37)38(24-13-5-2-6-14-24)30-19-20-34-36(35(28)30)26-16-8-10-18-33(26)39-34/h1-30H;1-26H;1-22H. The monoisotopic (exact) mass is 1780 g/mol. The lowest BCUT2D eigenvalue weighted by molar-refractivity contribution is 0.669. The number of aromatic nitrogens is 6. The molecular weight excluding hydrogens is 1700 g/mol. The molecular formula is C128H78N6OS2. The van der Waals surface area contributed by atoms with Crippen molar-refractivity contribution in [1.29, 1.82) is 0 Å². The van der Waals surface area contributed by atoms with Gasteiger partial charge in [-0.05, 0) is 220 Å². The van der Waals surface area contributed by atoms with Gasteiger partial charge in [-0.1, -0.05) is 291 Å². The van der Waals surface area contributed by atoms with E-state index in [-0.39, 0.29) is 0 Å². The van der Waals surface area contributed by atoms with Crippen molar-refractivity contribution >= 4 is 237 Å². The molecule has 0 saturated carbocycles. The van der Waals surface area contributed by atoms with Crippen LogP contribution in [0.3, 0.4) is 0 Å². The van der Waals surface area contributed by atoms with Crippen LogP contribution in [0.2, 0.25) is 0 Å². The zero-order valence-corrected chi connectivity index (χ0v) is 75.6. The highest BCUT2D eigenvalue weighted by Crippen LogP contribution is 2.52. The van der Waals surface area contributed by atoms with Gasteiger partial charge in [-0.15, -0.1) is 22.7 Å². The van der Waals surface area contributed by atoms with Gasteiger partial charge in [-0.2, -0.15) is 0 Å². The van der Waals surface area contributed by atoms with E-state index in [2.05, 4.69) is 495 Å². The van der Waals surface area contributed by atoms with E-state index in [4.69, 9.17) is 4.42 Å². The molecule has 31 rings (SSSR count). The third-order valence-corrected chi connectivity index (χ3v) is 30.9. The van der Waals surface area contributed by atoms with Gasteiger partial charge in [0.1, 0.15) is 11.2 Å². The molecule has 638 valence electrons. The second kappa shape index (κ2) is 30.5. The van der Waals surface area contributed by atoms with Crippen molar-refractivity contribution in [2.45, 2.75) is 0 Å². The van der Waals surface area contributed by atoms with Crippen molar-refractivity contribution in [2.75, 3.05) is 0 Å². The van der Waals surface area contributed by atoms with Gasteiger partial charge in [-0.25, -0.2) is 0 Å². The van der Waals surface area contributed by atoms with E-state index in [0.29, 0.717) is 0 Å². The second-order valence-electron chi connectivity index (χ2n) is 36.0. The molecule has 7 nitrogen and oxygen atoms in total. The Morgan fingerprint density at radius 2 is 0.496 bits per heavy atom. The summed E-state index contributed by atoms with van der Waals surface area (Å²) in [4.78, 5) is 0. The maximum atomic E-state index is 6.41. The highest BCUT2D eigenvalue weighted by Gasteiger charge is 2.28. The number of nitrogens with zero attached hydrogens (tertiary/aromatic N) is 6. The summed E-state index contributed by atoms with van der Waals surface area (Å²) in [7, 11) is 0. The van der Waals surface area contributed by atoms with E-state index >= 15 is 0 Å². The van der Waals surface area contributed by atoms with Gasteiger partial charge in [-0.3, -0.25) is 0 Å². The van der Waals surface area contributed by atoms with Gasteiger partial charge in [0, 0.05) is 150 Å². The van der Waals surface area contributed by atoms with Crippen molar-refractivity contribution in [2.24, 2.45) is 0 Å². The molecule has 22 aromatic carbocycles. The van der Waals surface area contributed by atoms with E-state index in [0.717, 1.165) is 33.6 Å². The maximum Gasteiger partial charge on any atom is 0.136 e. The summed E-state index contributed by atoms with van der Waals surface area (Å²) in [5.74, 6) is 0. The molecule has 0 bridgehead atoms. The summed E-state index contributed by atoms with van der Waals surface area (Å²) < 4.78 is 26.4. The van der Waals surface area contributed by atoms with Crippen LogP contribution < -0.4 is 0 Å². The molecule has 137 heavy (non-hydrogen) atoms. The summed E-state index contributed by atoms with van der Waals surface area (Å²) in [6.45, 7) is 0. The molecule has 31 aromatic rings. The number of hydrogen-bond acceptors (Lipinski definition) is 3. The SMILES string of the molecule is c1ccc(-c2cccc(-n3c4ccccc4c4cc5c6c7c(ccc6n(-c6ccccc6)c5cc43)sc3ccc(-c4ccccc4)cc37)c2)cc1.c1ccc(-n2c3cc4c(cc3c3c5c(ccc32)oc2ccccc25)c2ccccc2n4-c2cc3ccccc3c3ccccc23)cc1.c1ccc(-n2c3ccccc3c3cc4c5c6c(ccc5n(-c5ccccc5)c4cc32)sc2ccccc26)cc1. The van der Waals surface area contributed by atoms with Crippen molar-refractivity contribution < 1.29 is 4.42 Å². The van der Waals surface area contributed by atoms with Crippen LogP contribution in [0.1, 0.15) is 0 Å². The fourth-order valence-electron chi connectivity index (χ4n) is 22.8. The summed E-state index contributed by atoms with van der Waals surface area (Å²) >= 11 is 3.77. The molecule has 9 heterocycles. The quantitative estimate of drug-likeness (QED) is 0.140. The average Bonchev–Trinajstić information content (AvgIpc) is 1.53. The minimum Gasteiger partial charge on any atom is -0.456 e. The Hall–Kier alpha value is -17.6. The normalized spacial score (nSPS) is 12.1. The van der Waals surface area contributed by atoms with Crippen LogP contribution >= 0.6 is 22.7 Å². The van der Waals surface area contributed by atoms with Crippen LogP contribution in [0.4, 0.5) is 0 Å². The predicted molar refractivity (Wildman–Crippen MR) is 584 cm³/mol. The highest BCUT2D eigenvalue weighted by molar-refractivity contribution is 7.26. The fourth-order valence-corrected chi connectivity index (χ4v) is 25.1. The Morgan fingerprint density at radius 1 is 0.146 bits per heavy atom. The van der Waals surface area contributed by atoms with Crippen LogP contribution in [0.25, 0.3) is 271 Å². The van der Waals surface area contributed by atoms with Crippen LogP contribution in [-0.2, 0) is 0 Å². The van der Waals surface area contributed by atoms with E-state index in [1.54, 1.807) is 0 Å². The predicted octanol–water partition coefficient (Wildman–Crippen LogP) is 35.9. The Kier molecular flexibility index (Phi) is 17.1. The molecule has 0 fully saturated rings. The molecule has 0 radical (unpaired) electrons. The van der Waals surface area contributed by atoms with Crippen LogP contribution in [0.15, 0.2) is 478 Å². The van der Waals surface area contributed by atoms with E-state index in [1.807, 2.05) is 28.7 Å². The molecule has 0 saturated heterocycles. The second-order valence-corrected chi connectivity index (χ2v) is 38.2. The Morgan fingerprint density at radius 3 is 1.02 bits per heavy atom. The van der Waals surface area contributed by atoms with Gasteiger partial charge >= 0.3 is 0 Å². The van der Waals surface area contributed by atoms with Gasteiger partial charge < -0.3 is 31.8 Å². The van der Waals surface area contributed by atoms with Crippen molar-refractivity contribution in [1.82, 2.24) is 27.4 Å². The molecule has 0 aliphatic carbocycles. The minimum absolute atomic E-state index is 0.913. The van der Waals surface area contributed by atoms with Crippen molar-refractivity contribution in [3.05, 3.63) is 473 Å². The number of rotatable bonds is 8. The largest absolute Gasteiger partial charge is 0.456 e. The molecule has 0 atom stereocenters. The Bertz CT molecular complexity index is 10400. The molecule has 9 heteroatoms. The van der Waals surface area contributed by atoms with Crippen molar-refractivity contribution in [3.8, 4) is 56.4 Å². The molecule has 0 N–H and O–H groups in total. The zero-order valence-electron chi connectivity index (χ0n) is 73.9. The van der Waals surface area contributed by atoms with E-state index in [9.17, 15) is 0 Å². The number of para-hydroxylation sites is 8. The first-order chi connectivity index (χ1) is 68.0. The van der Waals surface area contributed by atoms with E-state index in [1.165, 1.54) is 237 Å². The van der Waals surface area contributed by atoms with Gasteiger partial charge in [0.15, 0.2) is 0 Å². The first-order valence-corrected chi connectivity index (χ1v) is 48.5. The Balaban J connectivity index is 0.000000100. The lowest BCUT2D eigenvalue weighted by Crippen LogP contribution is -1.97. The van der Waals surface area contributed by atoms with Crippen LogP contribution in [0.5, 0.6) is 0 Å². The third kappa shape index (κ3) is 11.8. The smallest absolute Gasteiger partial charge is 0.136 e. The zero-order chi connectivity index (χ0) is 89.6. The van der Waals surface area contributed by atoms with Gasteiger partial charge in [0.25, 0.3) is 0 Å². The lowest BCUT2D eigenvalue weighted by atomic mass is 10.00. The van der Waals surface area contributed by atoms with Gasteiger partial charge in [0.05, 0.1) is 71.9 Å². The number of thiophene rings is 2. The number of fused-ring (bicyclic) bond motifs is 33. The van der Waals surface area contributed by atoms with Crippen LogP contribution in [0, 0.1) is 0 Å². The molecule has 0 aliphatic heterocycles. The number of hydrogen-bond donors (Lipinski definition) is 0. The molecule has 0 unspecified atom stereocenters. The highest BCUT2D eigenvalue weighted by atomic mass is 32.1. The van der Waals surface area contributed by atoms with Gasteiger partial charge in [0.2, 0.25) is 0 Å². The minimum atomic E-state index is 0.913. The summed E-state index contributed by atoms with van der Waals surface area (Å²) in [5, 5.41) is 27.9. The summed E-state index contributed by atoms with van der Waals surface area (Å²) in [6.07, 6.45) is 0. The number of benzene rings is 22. The number of furan rings is 1. The van der Waals surface area contributed by atoms with E-state index < -0.39 is 0 Å². The molecule has 9 aromatic heterocycles. The lowest BCUT2D eigenvalue weighted by Gasteiger charge is -2.14. The van der Waals surface area contributed by atoms with Crippen molar-refractivity contribution in [3.63, 3.8) is 0 Å². The fraction of sp³-hybridized carbons (Fsp3) is 0. The average molecular weight is 1780 g/mol. The summed E-state index contributed by atoms with van der Waals surface area (Å²) in [5.41, 5.74) is 28.2. The third-order valence-electron chi connectivity index (χ3n) is 28.6. The summed E-state index contributed by atoms with van der Waals surface area (Å²) in [6, 6.07) is 172. The molecule has 0 amide bonds. The topological polar surface area (TPSA) is 42.7 Å². The first-order valence-electron chi connectivity index (χ1n) is 46.8. The maximum absolute atomic E-state index is 6.41. The first kappa shape index (κ1) is 77.0.